The summed E-state index contributed by atoms with van der Waals surface area (Å²) in [6.45, 7) is -3.93. The Labute approximate surface area is 275 Å². The summed E-state index contributed by atoms with van der Waals surface area (Å²) in [5, 5.41) is 11.6. The first-order valence-electron chi connectivity index (χ1n) is 14.3. The Hall–Kier alpha value is -3.58. The van der Waals surface area contributed by atoms with Crippen LogP contribution in [0.1, 0.15) is 12.5 Å². The molecule has 0 aliphatic carbocycles. The van der Waals surface area contributed by atoms with Gasteiger partial charge in [-0.1, -0.05) is 0 Å². The lowest BCUT2D eigenvalue weighted by molar-refractivity contribution is -0.196. The number of imidazole rings is 1. The molecule has 50 heavy (non-hydrogen) atoms. The third-order valence-electron chi connectivity index (χ3n) is 7.89. The van der Waals surface area contributed by atoms with Crippen molar-refractivity contribution in [2.75, 3.05) is 31.3 Å². The lowest BCUT2D eigenvalue weighted by atomic mass is 10.1. The Balaban J connectivity index is 1.24. The van der Waals surface area contributed by atoms with E-state index >= 15 is 0 Å². The number of nitrogens with two attached hydrogens (primary N) is 2. The number of aliphatic hydroxyl groups excluding tert-OH is 1. The summed E-state index contributed by atoms with van der Waals surface area (Å²) >= 11 is 0. The molecule has 3 aliphatic heterocycles. The highest BCUT2D eigenvalue weighted by atomic mass is 31.2. The number of ether oxygens (including phenoxy) is 3. The normalized spacial score (nSPS) is 35.5. The first kappa shape index (κ1) is 34.9. The number of aromatic amines is 1. The maximum Gasteiger partial charge on any atom is 0.472 e. The number of anilines is 2. The number of aliphatic hydroxyl groups is 1. The molecule has 0 saturated carbocycles. The number of phosphoric ester groups is 2. The van der Waals surface area contributed by atoms with Crippen molar-refractivity contribution in [2.45, 2.75) is 55.3 Å². The number of nitrogens with zero attached hydrogens (tertiary/aromatic N) is 6. The average molecular weight is 755 g/mol. The number of halogens is 3. The van der Waals surface area contributed by atoms with Crippen molar-refractivity contribution in [3.05, 3.63) is 35.3 Å². The Morgan fingerprint density at radius 1 is 0.980 bits per heavy atom. The van der Waals surface area contributed by atoms with Crippen LogP contribution in [-0.4, -0.2) is 112 Å². The molecule has 0 radical (unpaired) electrons. The van der Waals surface area contributed by atoms with Crippen molar-refractivity contribution < 1.29 is 69.5 Å². The second kappa shape index (κ2) is 12.6. The van der Waals surface area contributed by atoms with Crippen molar-refractivity contribution in [1.29, 1.82) is 0 Å². The monoisotopic (exact) mass is 755 g/mol. The highest BCUT2D eigenvalue weighted by molar-refractivity contribution is 7.47. The van der Waals surface area contributed by atoms with Crippen LogP contribution < -0.4 is 17.0 Å². The number of phosphoric acid groups is 2. The van der Waals surface area contributed by atoms with Crippen LogP contribution >= 0.6 is 15.6 Å². The first-order chi connectivity index (χ1) is 23.5. The third-order valence-corrected chi connectivity index (χ3v) is 9.86. The Morgan fingerprint density at radius 2 is 1.66 bits per heavy atom. The zero-order valence-electron chi connectivity index (χ0n) is 24.8. The molecule has 10 atom stereocenters. The van der Waals surface area contributed by atoms with E-state index in [0.29, 0.717) is 5.39 Å². The van der Waals surface area contributed by atoms with Crippen LogP contribution in [0, 0.1) is 0 Å². The molecule has 4 aromatic rings. The van der Waals surface area contributed by atoms with Gasteiger partial charge in [0.2, 0.25) is 5.95 Å². The lowest BCUT2D eigenvalue weighted by Crippen LogP contribution is -2.40. The maximum atomic E-state index is 13.4. The van der Waals surface area contributed by atoms with E-state index in [9.17, 15) is 42.0 Å². The minimum Gasteiger partial charge on any atom is -0.386 e. The molecule has 22 nitrogen and oxygen atoms in total. The van der Waals surface area contributed by atoms with Gasteiger partial charge in [-0.2, -0.15) is 18.2 Å². The van der Waals surface area contributed by atoms with Crippen LogP contribution in [0.5, 0.6) is 0 Å². The Bertz CT molecular complexity index is 2080. The van der Waals surface area contributed by atoms with Crippen LogP contribution in [0.3, 0.4) is 0 Å². The number of alkyl halides is 3. The van der Waals surface area contributed by atoms with E-state index in [0.717, 1.165) is 17.2 Å². The molecule has 7 rings (SSSR count). The van der Waals surface area contributed by atoms with E-state index in [1.165, 1.54) is 16.8 Å². The van der Waals surface area contributed by atoms with E-state index in [4.69, 9.17) is 43.8 Å². The van der Waals surface area contributed by atoms with E-state index in [1.807, 2.05) is 0 Å². The van der Waals surface area contributed by atoms with Gasteiger partial charge in [0.15, 0.2) is 23.6 Å². The predicted molar refractivity (Wildman–Crippen MR) is 155 cm³/mol. The van der Waals surface area contributed by atoms with Crippen LogP contribution in [-0.2, 0) is 41.4 Å². The number of rotatable bonds is 4. The number of aromatic nitrogens is 7. The summed E-state index contributed by atoms with van der Waals surface area (Å²) in [6, 6.07) is 1.51. The van der Waals surface area contributed by atoms with Gasteiger partial charge in [-0.25, -0.2) is 24.1 Å². The summed E-state index contributed by atoms with van der Waals surface area (Å²) in [5.74, 6) is -0.297. The first-order valence-corrected chi connectivity index (χ1v) is 17.3. The van der Waals surface area contributed by atoms with Crippen molar-refractivity contribution in [1.82, 2.24) is 34.1 Å². The fraction of sp³-hybridized carbons (Fsp3) is 0.522. The van der Waals surface area contributed by atoms with Crippen molar-refractivity contribution in [3.8, 4) is 0 Å². The minimum absolute atomic E-state index is 0.0948. The van der Waals surface area contributed by atoms with Crippen LogP contribution in [0.2, 0.25) is 0 Å². The number of hydrogen-bond acceptors (Lipinski definition) is 17. The van der Waals surface area contributed by atoms with Gasteiger partial charge < -0.3 is 45.1 Å². The second-order valence-electron chi connectivity index (χ2n) is 11.2. The molecule has 0 aromatic carbocycles. The van der Waals surface area contributed by atoms with Gasteiger partial charge in [0, 0.05) is 6.20 Å². The quantitative estimate of drug-likeness (QED) is 0.148. The molecule has 3 fully saturated rings. The summed E-state index contributed by atoms with van der Waals surface area (Å²) < 4.78 is 106. The molecule has 3 saturated heterocycles. The lowest BCUT2D eigenvalue weighted by Gasteiger charge is -2.27. The summed E-state index contributed by atoms with van der Waals surface area (Å²) in [6.07, 6.45) is -15.4. The topological polar surface area (TPSA) is 306 Å². The molecule has 2 bridgehead atoms. The van der Waals surface area contributed by atoms with Gasteiger partial charge in [0.25, 0.3) is 5.56 Å². The predicted octanol–water partition coefficient (Wildman–Crippen LogP) is -0.150. The minimum atomic E-state index is -5.37. The molecule has 8 N–H and O–H groups in total. The van der Waals surface area contributed by atoms with E-state index in [-0.39, 0.29) is 22.6 Å². The van der Waals surface area contributed by atoms with Crippen LogP contribution in [0.25, 0.3) is 22.2 Å². The third kappa shape index (κ3) is 6.63. The summed E-state index contributed by atoms with van der Waals surface area (Å²) in [4.78, 5) is 52.0. The molecule has 7 heterocycles. The van der Waals surface area contributed by atoms with E-state index in [1.54, 1.807) is 0 Å². The molecular weight excluding hydrogens is 729 g/mol. The molecule has 4 aromatic heterocycles. The fourth-order valence-electron chi connectivity index (χ4n) is 5.81. The van der Waals surface area contributed by atoms with Gasteiger partial charge in [-0.05, 0) is 6.07 Å². The van der Waals surface area contributed by atoms with Gasteiger partial charge in [-0.15, -0.1) is 0 Å². The van der Waals surface area contributed by atoms with Gasteiger partial charge in [0.1, 0.15) is 61.0 Å². The number of fused-ring (bicyclic) bond motifs is 5. The SMILES string of the molecule is Nc1nc2c(ncn2C2OC3COP(=O)(O)OC4C(COP(=O)(O)OC2C3OCC(F)(F)F)OC(n2ccc3c(N)ncnc32)C4O)c(=O)[nH]1. The summed E-state index contributed by atoms with van der Waals surface area (Å²) in [5.41, 5.74) is 10.3. The maximum absolute atomic E-state index is 13.4. The van der Waals surface area contributed by atoms with Crippen molar-refractivity contribution in [2.24, 2.45) is 0 Å². The second-order valence-corrected chi connectivity index (χ2v) is 14.0. The molecule has 0 amide bonds. The van der Waals surface area contributed by atoms with Gasteiger partial charge in [-0.3, -0.25) is 32.4 Å². The largest absolute Gasteiger partial charge is 0.472 e. The highest BCUT2D eigenvalue weighted by Crippen LogP contribution is 2.54. The molecular formula is C23H26F3N9O13P2. The van der Waals surface area contributed by atoms with Gasteiger partial charge in [0.05, 0.1) is 24.9 Å². The van der Waals surface area contributed by atoms with Crippen molar-refractivity contribution in [3.63, 3.8) is 0 Å². The smallest absolute Gasteiger partial charge is 0.386 e. The van der Waals surface area contributed by atoms with E-state index < -0.39 is 102 Å². The molecule has 272 valence electrons. The molecule has 0 spiro atoms. The zero-order valence-corrected chi connectivity index (χ0v) is 26.6. The van der Waals surface area contributed by atoms with Gasteiger partial charge >= 0.3 is 21.8 Å². The summed E-state index contributed by atoms with van der Waals surface area (Å²) in [7, 11) is -10.6. The fourth-order valence-corrected chi connectivity index (χ4v) is 7.71. The van der Waals surface area contributed by atoms with Crippen molar-refractivity contribution >= 4 is 49.6 Å². The molecule has 3 aliphatic rings. The Kier molecular flexibility index (Phi) is 8.76. The number of nitrogens with one attached hydrogen (secondary N) is 1. The van der Waals surface area contributed by atoms with Crippen LogP contribution in [0.15, 0.2) is 29.7 Å². The van der Waals surface area contributed by atoms with Crippen LogP contribution in [0.4, 0.5) is 24.9 Å². The number of hydrogen-bond donors (Lipinski definition) is 6. The number of H-pyrrole nitrogens is 1. The Morgan fingerprint density at radius 3 is 2.38 bits per heavy atom. The zero-order chi connectivity index (χ0) is 35.7. The number of nitrogen functional groups attached to an aromatic ring is 2. The molecule has 27 heteroatoms. The highest BCUT2D eigenvalue weighted by Gasteiger charge is 2.55. The standard InChI is InChI=1S/C23H26F3N9O13P2/c24-23(25,26)5-42-14-10-4-44-49(38,39)47-13-9(45-20(12(13)36)34-2-1-8-16(27)29-6-30-17(8)34)3-43-50(40,41)48-15(14)21(46-10)35-7-31-11-18(35)32-22(28)33-19(11)37/h1-2,6-7,9-10,12-15,20-21,36H,3-5H2,(H,38,39)(H,40,41)(H2,27,29,30)(H3,28,32,33,37). The molecule has 10 unspecified atom stereocenters. The average Bonchev–Trinajstić information content (AvgIpc) is 3.78. The van der Waals surface area contributed by atoms with E-state index in [2.05, 4.69) is 24.9 Å².